The van der Waals surface area contributed by atoms with Gasteiger partial charge in [0.05, 0.1) is 5.92 Å². The smallest absolute Gasteiger partial charge is 0.334 e. The predicted molar refractivity (Wildman–Crippen MR) is 90.5 cm³/mol. The molecule has 4 rings (SSSR count). The van der Waals surface area contributed by atoms with E-state index in [9.17, 15) is 9.59 Å². The van der Waals surface area contributed by atoms with Crippen LogP contribution in [-0.2, 0) is 23.8 Å². The summed E-state index contributed by atoms with van der Waals surface area (Å²) in [6, 6.07) is 0. The molecule has 2 aliphatic heterocycles. The topological polar surface area (TPSA) is 65.1 Å². The highest BCUT2D eigenvalue weighted by molar-refractivity contribution is 5.91. The van der Waals surface area contributed by atoms with Gasteiger partial charge in [0.2, 0.25) is 0 Å². The maximum absolute atomic E-state index is 12.3. The fraction of sp³-hybridized carbons (Fsp3) is 0.600. The van der Waals surface area contributed by atoms with E-state index in [0.717, 1.165) is 18.4 Å². The average molecular weight is 344 g/mol. The van der Waals surface area contributed by atoms with Gasteiger partial charge in [0, 0.05) is 17.1 Å². The molecule has 6 atom stereocenters. The average Bonchev–Trinajstić information content (AvgIpc) is 3.14. The Hall–Kier alpha value is -1.88. The first kappa shape index (κ1) is 16.6. The quantitative estimate of drug-likeness (QED) is 0.334. The van der Waals surface area contributed by atoms with E-state index >= 15 is 0 Å². The second-order valence-electron chi connectivity index (χ2n) is 7.77. The largest absolute Gasteiger partial charge is 0.458 e. The molecule has 2 aliphatic carbocycles. The zero-order valence-electron chi connectivity index (χ0n) is 15.1. The lowest BCUT2D eigenvalue weighted by Gasteiger charge is -2.29. The van der Waals surface area contributed by atoms with Crippen LogP contribution in [-0.4, -0.2) is 35.9 Å². The normalized spacial score (nSPS) is 42.4. The molecule has 1 unspecified atom stereocenters. The molecular weight excluding hydrogens is 320 g/mol. The minimum atomic E-state index is -0.441. The number of esters is 2. The number of hydrogen-bond donors (Lipinski definition) is 0. The van der Waals surface area contributed by atoms with Gasteiger partial charge in [-0.05, 0) is 46.1 Å². The second-order valence-corrected chi connectivity index (χ2v) is 7.77. The van der Waals surface area contributed by atoms with Crippen LogP contribution in [0, 0.1) is 11.8 Å². The fourth-order valence-corrected chi connectivity index (χ4v) is 4.75. The standard InChI is InChI=1S/C20H24O5/c1-6-9(2)18(21)24-16-13-10(3)7-8-12-11(4)19(22)23-15(12)14(13)20(5)17(16)25-20/h6,12,14-17H,4,7-8H2,1-3,5H3/b9-6+/t12-,14-,15-,16?,17+,20-/m0/s1. The first-order chi connectivity index (χ1) is 11.8. The number of ether oxygens (including phenoxy) is 3. The number of allylic oxidation sites excluding steroid dienone is 2. The number of rotatable bonds is 2. The molecule has 2 saturated heterocycles. The lowest BCUT2D eigenvalue weighted by Crippen LogP contribution is -2.35. The summed E-state index contributed by atoms with van der Waals surface area (Å²) in [6.45, 7) is 11.6. The lowest BCUT2D eigenvalue weighted by molar-refractivity contribution is -0.145. The molecule has 5 nitrogen and oxygen atoms in total. The van der Waals surface area contributed by atoms with E-state index in [2.05, 4.69) is 13.5 Å². The maximum Gasteiger partial charge on any atom is 0.334 e. The minimum Gasteiger partial charge on any atom is -0.458 e. The van der Waals surface area contributed by atoms with Crippen LogP contribution in [0.4, 0.5) is 0 Å². The SMILES string of the molecule is C=C1C(=O)O[C@H]2[C@H]1CCC(C)=C1C(OC(=O)/C(C)=C/C)[C@H]3O[C@@]3(C)[C@@H]12. The third-order valence-electron chi connectivity index (χ3n) is 6.41. The van der Waals surface area contributed by atoms with Crippen LogP contribution >= 0.6 is 0 Å². The lowest BCUT2D eigenvalue weighted by atomic mass is 9.81. The molecule has 0 bridgehead atoms. The number of epoxide rings is 1. The van der Waals surface area contributed by atoms with Gasteiger partial charge in [-0.15, -0.1) is 0 Å². The van der Waals surface area contributed by atoms with E-state index in [-0.39, 0.29) is 36.0 Å². The Morgan fingerprint density at radius 2 is 2.16 bits per heavy atom. The van der Waals surface area contributed by atoms with Crippen LogP contribution in [0.25, 0.3) is 0 Å². The summed E-state index contributed by atoms with van der Waals surface area (Å²) in [6.07, 6.45) is 2.59. The molecule has 25 heavy (non-hydrogen) atoms. The summed E-state index contributed by atoms with van der Waals surface area (Å²) in [5, 5.41) is 0. The Morgan fingerprint density at radius 1 is 1.44 bits per heavy atom. The molecule has 5 heteroatoms. The molecule has 0 aromatic rings. The van der Waals surface area contributed by atoms with Crippen molar-refractivity contribution < 1.29 is 23.8 Å². The van der Waals surface area contributed by atoms with Gasteiger partial charge >= 0.3 is 11.9 Å². The van der Waals surface area contributed by atoms with Crippen molar-refractivity contribution in [1.29, 1.82) is 0 Å². The van der Waals surface area contributed by atoms with E-state index in [1.165, 1.54) is 5.57 Å². The second kappa shape index (κ2) is 5.31. The first-order valence-corrected chi connectivity index (χ1v) is 8.90. The van der Waals surface area contributed by atoms with E-state index in [1.54, 1.807) is 13.0 Å². The summed E-state index contributed by atoms with van der Waals surface area (Å²) in [5.41, 5.74) is 3.01. The van der Waals surface area contributed by atoms with Crippen LogP contribution in [0.3, 0.4) is 0 Å². The van der Waals surface area contributed by atoms with Crippen molar-refractivity contribution in [2.45, 2.75) is 64.4 Å². The monoisotopic (exact) mass is 344 g/mol. The molecule has 0 amide bonds. The van der Waals surface area contributed by atoms with Gasteiger partial charge < -0.3 is 14.2 Å². The fourth-order valence-electron chi connectivity index (χ4n) is 4.75. The Morgan fingerprint density at radius 3 is 2.84 bits per heavy atom. The van der Waals surface area contributed by atoms with E-state index in [4.69, 9.17) is 14.2 Å². The molecule has 0 radical (unpaired) electrons. The molecule has 2 heterocycles. The Balaban J connectivity index is 1.72. The number of carbonyl (C=O) groups excluding carboxylic acids is 2. The zero-order valence-corrected chi connectivity index (χ0v) is 15.1. The van der Waals surface area contributed by atoms with Gasteiger partial charge in [-0.2, -0.15) is 0 Å². The summed E-state index contributed by atoms with van der Waals surface area (Å²) in [7, 11) is 0. The van der Waals surface area contributed by atoms with E-state index in [0.29, 0.717) is 11.1 Å². The van der Waals surface area contributed by atoms with Crippen molar-refractivity contribution in [1.82, 2.24) is 0 Å². The van der Waals surface area contributed by atoms with Crippen molar-refractivity contribution in [3.05, 3.63) is 34.9 Å². The van der Waals surface area contributed by atoms with Crippen LogP contribution in [0.5, 0.6) is 0 Å². The van der Waals surface area contributed by atoms with Gasteiger partial charge in [-0.25, -0.2) is 9.59 Å². The van der Waals surface area contributed by atoms with E-state index in [1.807, 2.05) is 13.8 Å². The summed E-state index contributed by atoms with van der Waals surface area (Å²) >= 11 is 0. The van der Waals surface area contributed by atoms with Gasteiger partial charge in [-0.1, -0.05) is 18.2 Å². The number of hydrogen-bond acceptors (Lipinski definition) is 5. The van der Waals surface area contributed by atoms with Crippen LogP contribution in [0.1, 0.15) is 40.5 Å². The number of carbonyl (C=O) groups is 2. The molecule has 4 aliphatic rings. The zero-order chi connectivity index (χ0) is 18.1. The minimum absolute atomic E-state index is 0.0124. The summed E-state index contributed by atoms with van der Waals surface area (Å²) in [4.78, 5) is 24.4. The Bertz CT molecular complexity index is 745. The Kier molecular flexibility index (Phi) is 3.52. The molecule has 134 valence electrons. The maximum atomic E-state index is 12.3. The summed E-state index contributed by atoms with van der Waals surface area (Å²) < 4.78 is 17.5. The van der Waals surface area contributed by atoms with Gasteiger partial charge in [0.15, 0.2) is 6.10 Å². The molecule has 3 fully saturated rings. The predicted octanol–water partition coefficient (Wildman–Crippen LogP) is 2.86. The van der Waals surface area contributed by atoms with Crippen molar-refractivity contribution in [2.24, 2.45) is 11.8 Å². The third-order valence-corrected chi connectivity index (χ3v) is 6.41. The number of fused-ring (bicyclic) bond motifs is 5. The summed E-state index contributed by atoms with van der Waals surface area (Å²) in [5.74, 6) is -0.685. The van der Waals surface area contributed by atoms with E-state index < -0.39 is 11.7 Å². The highest BCUT2D eigenvalue weighted by atomic mass is 16.7. The van der Waals surface area contributed by atoms with Crippen LogP contribution in [0.2, 0.25) is 0 Å². The highest BCUT2D eigenvalue weighted by Crippen LogP contribution is 2.62. The molecule has 1 saturated carbocycles. The third kappa shape index (κ3) is 2.18. The molecule has 0 aromatic heterocycles. The van der Waals surface area contributed by atoms with Crippen molar-refractivity contribution in [2.75, 3.05) is 0 Å². The van der Waals surface area contributed by atoms with Crippen LogP contribution < -0.4 is 0 Å². The van der Waals surface area contributed by atoms with Crippen molar-refractivity contribution in [3.8, 4) is 0 Å². The molecule has 0 N–H and O–H groups in total. The van der Waals surface area contributed by atoms with Gasteiger partial charge in [0.25, 0.3) is 0 Å². The highest BCUT2D eigenvalue weighted by Gasteiger charge is 2.74. The van der Waals surface area contributed by atoms with Crippen molar-refractivity contribution in [3.63, 3.8) is 0 Å². The van der Waals surface area contributed by atoms with Crippen LogP contribution in [0.15, 0.2) is 34.9 Å². The Labute approximate surface area is 147 Å². The van der Waals surface area contributed by atoms with Gasteiger partial charge in [0.1, 0.15) is 17.8 Å². The van der Waals surface area contributed by atoms with Gasteiger partial charge in [-0.3, -0.25) is 0 Å². The molecule has 0 spiro atoms. The first-order valence-electron chi connectivity index (χ1n) is 8.90. The molecule has 0 aromatic carbocycles. The van der Waals surface area contributed by atoms with Crippen molar-refractivity contribution >= 4 is 11.9 Å². The molecular formula is C20H24O5.